The minimum absolute atomic E-state index is 0.189. The molecule has 0 saturated carbocycles. The lowest BCUT2D eigenvalue weighted by molar-refractivity contribution is -0.135. The number of imide groups is 2. The van der Waals surface area contributed by atoms with Crippen LogP contribution in [0.2, 0.25) is 0 Å². The molecule has 0 bridgehead atoms. The van der Waals surface area contributed by atoms with E-state index in [9.17, 15) is 14.4 Å². The monoisotopic (exact) mass is 248 g/mol. The van der Waals surface area contributed by atoms with Crippen molar-refractivity contribution in [2.45, 2.75) is 6.42 Å². The minimum Gasteiger partial charge on any atom is -0.496 e. The summed E-state index contributed by atoms with van der Waals surface area (Å²) < 4.78 is 5.15. The molecule has 4 amide bonds. The van der Waals surface area contributed by atoms with E-state index in [1.807, 2.05) is 0 Å². The van der Waals surface area contributed by atoms with Gasteiger partial charge in [-0.25, -0.2) is 4.79 Å². The standard InChI is InChI=1S/C12H12N2O4/c1-18-9-5-3-2-4-7(9)6-8-10(15)13-12(17)14-11(8)16/h2-5,8H,6H2,1H3,(H2,13,14,15,16,17). The molecular weight excluding hydrogens is 236 g/mol. The van der Waals surface area contributed by atoms with Gasteiger partial charge in [0.1, 0.15) is 11.7 Å². The van der Waals surface area contributed by atoms with Gasteiger partial charge in [-0.2, -0.15) is 0 Å². The van der Waals surface area contributed by atoms with Crippen LogP contribution in [0.5, 0.6) is 5.75 Å². The van der Waals surface area contributed by atoms with Crippen molar-refractivity contribution in [3.8, 4) is 5.75 Å². The lowest BCUT2D eigenvalue weighted by Gasteiger charge is -2.21. The number of para-hydroxylation sites is 1. The number of urea groups is 1. The van der Waals surface area contributed by atoms with Crippen LogP contribution in [-0.4, -0.2) is 25.0 Å². The maximum absolute atomic E-state index is 11.6. The molecule has 1 aliphatic rings. The van der Waals surface area contributed by atoms with Gasteiger partial charge < -0.3 is 4.74 Å². The highest BCUT2D eigenvalue weighted by atomic mass is 16.5. The maximum Gasteiger partial charge on any atom is 0.328 e. The molecule has 2 N–H and O–H groups in total. The van der Waals surface area contributed by atoms with Crippen molar-refractivity contribution in [2.24, 2.45) is 5.92 Å². The predicted molar refractivity (Wildman–Crippen MR) is 61.9 cm³/mol. The Morgan fingerprint density at radius 1 is 1.11 bits per heavy atom. The first-order valence-corrected chi connectivity index (χ1v) is 5.39. The summed E-state index contributed by atoms with van der Waals surface area (Å²) in [6.45, 7) is 0. The van der Waals surface area contributed by atoms with Crippen LogP contribution in [0, 0.1) is 5.92 Å². The molecule has 2 rings (SSSR count). The van der Waals surface area contributed by atoms with E-state index in [1.165, 1.54) is 7.11 Å². The molecule has 1 aromatic carbocycles. The van der Waals surface area contributed by atoms with Gasteiger partial charge in [-0.1, -0.05) is 18.2 Å². The van der Waals surface area contributed by atoms with Gasteiger partial charge in [0.2, 0.25) is 11.8 Å². The van der Waals surface area contributed by atoms with Gasteiger partial charge in [0.05, 0.1) is 7.11 Å². The molecule has 0 aliphatic carbocycles. The Balaban J connectivity index is 2.20. The van der Waals surface area contributed by atoms with Crippen LogP contribution < -0.4 is 15.4 Å². The van der Waals surface area contributed by atoms with Crippen LogP contribution in [0.1, 0.15) is 5.56 Å². The highest BCUT2D eigenvalue weighted by molar-refractivity contribution is 6.16. The van der Waals surface area contributed by atoms with E-state index in [-0.39, 0.29) is 6.42 Å². The van der Waals surface area contributed by atoms with Crippen LogP contribution in [0.15, 0.2) is 24.3 Å². The SMILES string of the molecule is COc1ccccc1CC1C(=O)NC(=O)NC1=O. The predicted octanol–water partition coefficient (Wildman–Crippen LogP) is 0.220. The molecule has 1 fully saturated rings. The average molecular weight is 248 g/mol. The topological polar surface area (TPSA) is 84.5 Å². The number of nitrogens with one attached hydrogen (secondary N) is 2. The molecule has 0 unspecified atom stereocenters. The zero-order valence-corrected chi connectivity index (χ0v) is 9.73. The fraction of sp³-hybridized carbons (Fsp3) is 0.250. The third kappa shape index (κ3) is 2.32. The van der Waals surface area contributed by atoms with E-state index < -0.39 is 23.8 Å². The zero-order valence-electron chi connectivity index (χ0n) is 9.73. The molecular formula is C12H12N2O4. The van der Waals surface area contributed by atoms with Crippen molar-refractivity contribution in [3.63, 3.8) is 0 Å². The largest absolute Gasteiger partial charge is 0.496 e. The molecule has 1 saturated heterocycles. The lowest BCUT2D eigenvalue weighted by Crippen LogP contribution is -2.56. The molecule has 18 heavy (non-hydrogen) atoms. The number of barbiturate groups is 1. The molecule has 0 aromatic heterocycles. The van der Waals surface area contributed by atoms with Crippen molar-refractivity contribution in [2.75, 3.05) is 7.11 Å². The number of hydrogen-bond acceptors (Lipinski definition) is 4. The highest BCUT2D eigenvalue weighted by Crippen LogP contribution is 2.21. The summed E-state index contributed by atoms with van der Waals surface area (Å²) in [5, 5.41) is 4.13. The number of ether oxygens (including phenoxy) is 1. The molecule has 6 nitrogen and oxygen atoms in total. The first-order chi connectivity index (χ1) is 8.61. The Labute approximate surface area is 103 Å². The van der Waals surface area contributed by atoms with Crippen molar-refractivity contribution in [1.29, 1.82) is 0 Å². The van der Waals surface area contributed by atoms with E-state index in [0.717, 1.165) is 5.56 Å². The van der Waals surface area contributed by atoms with E-state index in [2.05, 4.69) is 10.6 Å². The summed E-state index contributed by atoms with van der Waals surface area (Å²) in [5.74, 6) is -1.49. The molecule has 0 radical (unpaired) electrons. The Kier molecular flexibility index (Phi) is 3.27. The van der Waals surface area contributed by atoms with Gasteiger partial charge in [0.15, 0.2) is 0 Å². The number of carbonyl (C=O) groups is 3. The second-order valence-corrected chi connectivity index (χ2v) is 3.88. The summed E-state index contributed by atoms with van der Waals surface area (Å²) in [6.07, 6.45) is 0.189. The number of carbonyl (C=O) groups excluding carboxylic acids is 3. The minimum atomic E-state index is -0.918. The summed E-state index contributed by atoms with van der Waals surface area (Å²) in [6, 6.07) is 6.34. The van der Waals surface area contributed by atoms with E-state index in [1.54, 1.807) is 24.3 Å². The van der Waals surface area contributed by atoms with Crippen LogP contribution >= 0.6 is 0 Å². The average Bonchev–Trinajstić information content (AvgIpc) is 2.34. The van der Waals surface area contributed by atoms with E-state index in [0.29, 0.717) is 5.75 Å². The summed E-state index contributed by atoms with van der Waals surface area (Å²) in [4.78, 5) is 34.1. The smallest absolute Gasteiger partial charge is 0.328 e. The summed E-state index contributed by atoms with van der Waals surface area (Å²) in [7, 11) is 1.52. The maximum atomic E-state index is 11.6. The number of hydrogen-bond donors (Lipinski definition) is 2. The molecule has 94 valence electrons. The zero-order chi connectivity index (χ0) is 13.1. The molecule has 1 aliphatic heterocycles. The first kappa shape index (κ1) is 12.1. The van der Waals surface area contributed by atoms with Crippen LogP contribution in [0.4, 0.5) is 4.79 Å². The number of amides is 4. The third-order valence-corrected chi connectivity index (χ3v) is 2.72. The highest BCUT2D eigenvalue weighted by Gasteiger charge is 2.34. The summed E-state index contributed by atoms with van der Waals surface area (Å²) in [5.41, 5.74) is 0.740. The Morgan fingerprint density at radius 3 is 2.33 bits per heavy atom. The van der Waals surface area contributed by atoms with Crippen molar-refractivity contribution >= 4 is 17.8 Å². The number of rotatable bonds is 3. The second kappa shape index (κ2) is 4.87. The van der Waals surface area contributed by atoms with Gasteiger partial charge in [0.25, 0.3) is 0 Å². The van der Waals surface area contributed by atoms with Gasteiger partial charge in [-0.15, -0.1) is 0 Å². The van der Waals surface area contributed by atoms with Gasteiger partial charge in [-0.05, 0) is 18.1 Å². The Morgan fingerprint density at radius 2 is 1.72 bits per heavy atom. The molecule has 0 spiro atoms. The molecule has 0 atom stereocenters. The fourth-order valence-corrected chi connectivity index (χ4v) is 1.83. The number of methoxy groups -OCH3 is 1. The Hall–Kier alpha value is -2.37. The third-order valence-electron chi connectivity index (χ3n) is 2.72. The second-order valence-electron chi connectivity index (χ2n) is 3.88. The van der Waals surface area contributed by atoms with E-state index >= 15 is 0 Å². The molecule has 1 heterocycles. The van der Waals surface area contributed by atoms with Crippen molar-refractivity contribution in [1.82, 2.24) is 10.6 Å². The normalized spacial score (nSPS) is 16.2. The molecule has 6 heteroatoms. The van der Waals surface area contributed by atoms with Gasteiger partial charge in [-0.3, -0.25) is 20.2 Å². The lowest BCUT2D eigenvalue weighted by atomic mass is 9.96. The van der Waals surface area contributed by atoms with Crippen LogP contribution in [-0.2, 0) is 16.0 Å². The Bertz CT molecular complexity index is 493. The van der Waals surface area contributed by atoms with Crippen molar-refractivity contribution in [3.05, 3.63) is 29.8 Å². The quantitative estimate of drug-likeness (QED) is 0.749. The fourth-order valence-electron chi connectivity index (χ4n) is 1.83. The number of benzene rings is 1. The van der Waals surface area contributed by atoms with Gasteiger partial charge in [0, 0.05) is 0 Å². The van der Waals surface area contributed by atoms with Gasteiger partial charge >= 0.3 is 6.03 Å². The first-order valence-electron chi connectivity index (χ1n) is 5.39. The van der Waals surface area contributed by atoms with Crippen LogP contribution in [0.3, 0.4) is 0 Å². The van der Waals surface area contributed by atoms with Crippen molar-refractivity contribution < 1.29 is 19.1 Å². The molecule has 1 aromatic rings. The summed E-state index contributed by atoms with van der Waals surface area (Å²) >= 11 is 0. The van der Waals surface area contributed by atoms with E-state index in [4.69, 9.17) is 4.74 Å². The van der Waals surface area contributed by atoms with Crippen LogP contribution in [0.25, 0.3) is 0 Å².